The van der Waals surface area contributed by atoms with Crippen molar-refractivity contribution >= 4 is 16.9 Å². The molecule has 8 heteroatoms. The summed E-state index contributed by atoms with van der Waals surface area (Å²) in [4.78, 5) is 36.4. The standard InChI is InChI=1S/C25H31N5O3/c1-29(17-23-27-21-9-5-4-8-20(21)24(31)28-23)25(32)26-16-22(30-14-6-3-7-15-30)18-10-12-19(33-2)13-11-18/h4-5,8-13,22H,3,6-7,14-17H2,1-2H3,(H,26,32)(H,27,28,31). The molecular weight excluding hydrogens is 418 g/mol. The van der Waals surface area contributed by atoms with Gasteiger partial charge in [-0.2, -0.15) is 0 Å². The number of aromatic nitrogens is 2. The highest BCUT2D eigenvalue weighted by Gasteiger charge is 2.23. The number of likely N-dealkylation sites (tertiary alicyclic amines) is 1. The van der Waals surface area contributed by atoms with Gasteiger partial charge in [0.1, 0.15) is 11.6 Å². The van der Waals surface area contributed by atoms with Gasteiger partial charge >= 0.3 is 6.03 Å². The molecule has 0 saturated carbocycles. The van der Waals surface area contributed by atoms with Crippen molar-refractivity contribution in [2.24, 2.45) is 0 Å². The van der Waals surface area contributed by atoms with Crippen LogP contribution in [0.25, 0.3) is 10.9 Å². The Bertz CT molecular complexity index is 1140. The number of carbonyl (C=O) groups is 1. The van der Waals surface area contributed by atoms with Crippen molar-refractivity contribution in [3.05, 3.63) is 70.3 Å². The van der Waals surface area contributed by atoms with Gasteiger partial charge in [-0.15, -0.1) is 0 Å². The predicted molar refractivity (Wildman–Crippen MR) is 128 cm³/mol. The topological polar surface area (TPSA) is 90.6 Å². The van der Waals surface area contributed by atoms with E-state index >= 15 is 0 Å². The Morgan fingerprint density at radius 1 is 1.15 bits per heavy atom. The second kappa shape index (κ2) is 10.5. The molecule has 1 atom stereocenters. The van der Waals surface area contributed by atoms with Crippen molar-refractivity contribution < 1.29 is 9.53 Å². The molecule has 2 amide bonds. The van der Waals surface area contributed by atoms with Gasteiger partial charge in [0.05, 0.1) is 30.6 Å². The molecule has 2 heterocycles. The van der Waals surface area contributed by atoms with Gasteiger partial charge in [-0.3, -0.25) is 9.69 Å². The fourth-order valence-corrected chi connectivity index (χ4v) is 4.34. The number of nitrogens with one attached hydrogen (secondary N) is 2. The van der Waals surface area contributed by atoms with Crippen LogP contribution in [0.3, 0.4) is 0 Å². The van der Waals surface area contributed by atoms with E-state index in [0.29, 0.717) is 23.3 Å². The molecule has 33 heavy (non-hydrogen) atoms. The average molecular weight is 450 g/mol. The molecule has 0 aliphatic carbocycles. The monoisotopic (exact) mass is 449 g/mol. The number of fused-ring (bicyclic) bond motifs is 1. The molecule has 1 unspecified atom stereocenters. The first-order chi connectivity index (χ1) is 16.0. The van der Waals surface area contributed by atoms with Crippen LogP contribution < -0.4 is 15.6 Å². The van der Waals surface area contributed by atoms with Crippen LogP contribution in [0.4, 0.5) is 4.79 Å². The summed E-state index contributed by atoms with van der Waals surface area (Å²) in [6.07, 6.45) is 3.58. The molecule has 4 rings (SSSR count). The van der Waals surface area contributed by atoms with E-state index in [2.05, 4.69) is 32.3 Å². The maximum atomic E-state index is 12.9. The highest BCUT2D eigenvalue weighted by atomic mass is 16.5. The molecule has 0 radical (unpaired) electrons. The molecule has 2 aromatic carbocycles. The summed E-state index contributed by atoms with van der Waals surface area (Å²) in [5.41, 5.74) is 1.57. The number of nitrogens with zero attached hydrogens (tertiary/aromatic N) is 3. The minimum Gasteiger partial charge on any atom is -0.497 e. The zero-order chi connectivity index (χ0) is 23.2. The number of piperidine rings is 1. The Hall–Kier alpha value is -3.39. The van der Waals surface area contributed by atoms with Crippen molar-refractivity contribution in [3.63, 3.8) is 0 Å². The number of urea groups is 1. The fraction of sp³-hybridized carbons (Fsp3) is 0.400. The second-order valence-corrected chi connectivity index (χ2v) is 8.46. The first-order valence-electron chi connectivity index (χ1n) is 11.4. The maximum Gasteiger partial charge on any atom is 0.317 e. The molecule has 1 aliphatic heterocycles. The summed E-state index contributed by atoms with van der Waals surface area (Å²) in [7, 11) is 3.36. The SMILES string of the molecule is COc1ccc(C(CNC(=O)N(C)Cc2nc3ccccc3c(=O)[nH]2)N2CCCCC2)cc1. The maximum absolute atomic E-state index is 12.9. The van der Waals surface area contributed by atoms with Crippen LogP contribution in [0.2, 0.25) is 0 Å². The Balaban J connectivity index is 1.43. The number of H-pyrrole nitrogens is 1. The molecule has 1 saturated heterocycles. The van der Waals surface area contributed by atoms with Crippen LogP contribution in [0.5, 0.6) is 5.75 Å². The minimum absolute atomic E-state index is 0.0900. The van der Waals surface area contributed by atoms with Gasteiger partial charge in [-0.05, 0) is 55.8 Å². The molecule has 0 bridgehead atoms. The number of benzene rings is 2. The number of hydrogen-bond donors (Lipinski definition) is 2. The van der Waals surface area contributed by atoms with Crippen molar-refractivity contribution in [2.45, 2.75) is 31.8 Å². The van der Waals surface area contributed by atoms with Crippen molar-refractivity contribution in [1.82, 2.24) is 25.1 Å². The lowest BCUT2D eigenvalue weighted by Gasteiger charge is -2.35. The van der Waals surface area contributed by atoms with E-state index in [1.165, 1.54) is 24.2 Å². The minimum atomic E-state index is -0.207. The molecule has 8 nitrogen and oxygen atoms in total. The second-order valence-electron chi connectivity index (χ2n) is 8.46. The van der Waals surface area contributed by atoms with E-state index in [0.717, 1.165) is 24.4 Å². The highest BCUT2D eigenvalue weighted by molar-refractivity contribution is 5.77. The fourth-order valence-electron chi connectivity index (χ4n) is 4.34. The van der Waals surface area contributed by atoms with Gasteiger partial charge in [-0.25, -0.2) is 9.78 Å². The highest BCUT2D eigenvalue weighted by Crippen LogP contribution is 2.26. The summed E-state index contributed by atoms with van der Waals surface area (Å²) in [6.45, 7) is 2.75. The number of aromatic amines is 1. The van der Waals surface area contributed by atoms with E-state index in [1.807, 2.05) is 18.2 Å². The lowest BCUT2D eigenvalue weighted by Crippen LogP contribution is -2.44. The number of para-hydroxylation sites is 1. The number of ether oxygens (including phenoxy) is 1. The Morgan fingerprint density at radius 2 is 1.88 bits per heavy atom. The van der Waals surface area contributed by atoms with Crippen molar-refractivity contribution in [3.8, 4) is 5.75 Å². The summed E-state index contributed by atoms with van der Waals surface area (Å²) >= 11 is 0. The summed E-state index contributed by atoms with van der Waals surface area (Å²) in [6, 6.07) is 15.1. The van der Waals surface area contributed by atoms with Crippen LogP contribution in [-0.4, -0.2) is 59.6 Å². The van der Waals surface area contributed by atoms with Gasteiger partial charge in [0, 0.05) is 13.6 Å². The molecular formula is C25H31N5O3. The van der Waals surface area contributed by atoms with Gasteiger partial charge in [0.25, 0.3) is 5.56 Å². The van der Waals surface area contributed by atoms with E-state index in [4.69, 9.17) is 4.74 Å². The zero-order valence-electron chi connectivity index (χ0n) is 19.2. The molecule has 174 valence electrons. The van der Waals surface area contributed by atoms with Crippen LogP contribution >= 0.6 is 0 Å². The Kier molecular flexibility index (Phi) is 7.24. The van der Waals surface area contributed by atoms with Gasteiger partial charge in [0.15, 0.2) is 0 Å². The van der Waals surface area contributed by atoms with Crippen molar-refractivity contribution in [2.75, 3.05) is 33.8 Å². The average Bonchev–Trinajstić information content (AvgIpc) is 2.85. The number of hydrogen-bond acceptors (Lipinski definition) is 5. The van der Waals surface area contributed by atoms with Gasteiger partial charge in [0.2, 0.25) is 0 Å². The predicted octanol–water partition coefficient (Wildman–Crippen LogP) is 3.30. The third-order valence-corrected chi connectivity index (χ3v) is 6.17. The van der Waals surface area contributed by atoms with Crippen LogP contribution in [0.15, 0.2) is 53.3 Å². The summed E-state index contributed by atoms with van der Waals surface area (Å²) < 4.78 is 5.29. The number of carbonyl (C=O) groups excluding carboxylic acids is 1. The number of methoxy groups -OCH3 is 1. The molecule has 3 aromatic rings. The number of rotatable bonds is 7. The quantitative estimate of drug-likeness (QED) is 0.578. The largest absolute Gasteiger partial charge is 0.497 e. The molecule has 2 N–H and O–H groups in total. The summed E-state index contributed by atoms with van der Waals surface area (Å²) in [5, 5.41) is 3.61. The van der Waals surface area contributed by atoms with Crippen LogP contribution in [-0.2, 0) is 6.54 Å². The van der Waals surface area contributed by atoms with E-state index in [1.54, 1.807) is 32.4 Å². The number of amides is 2. The lowest BCUT2D eigenvalue weighted by molar-refractivity contribution is 0.155. The third kappa shape index (κ3) is 5.51. The normalized spacial score (nSPS) is 15.2. The smallest absolute Gasteiger partial charge is 0.317 e. The third-order valence-electron chi connectivity index (χ3n) is 6.17. The van der Waals surface area contributed by atoms with Gasteiger partial charge in [-0.1, -0.05) is 30.7 Å². The molecule has 1 aliphatic rings. The Labute approximate surface area is 193 Å². The van der Waals surface area contributed by atoms with E-state index < -0.39 is 0 Å². The molecule has 1 fully saturated rings. The Morgan fingerprint density at radius 3 is 2.61 bits per heavy atom. The van der Waals surface area contributed by atoms with Crippen molar-refractivity contribution in [1.29, 1.82) is 0 Å². The van der Waals surface area contributed by atoms with E-state index in [-0.39, 0.29) is 24.2 Å². The summed E-state index contributed by atoms with van der Waals surface area (Å²) in [5.74, 6) is 1.27. The first kappa shape index (κ1) is 22.8. The van der Waals surface area contributed by atoms with Crippen LogP contribution in [0, 0.1) is 0 Å². The van der Waals surface area contributed by atoms with Crippen LogP contribution in [0.1, 0.15) is 36.7 Å². The molecule has 1 aromatic heterocycles. The molecule has 0 spiro atoms. The van der Waals surface area contributed by atoms with Gasteiger partial charge < -0.3 is 19.9 Å². The van der Waals surface area contributed by atoms with E-state index in [9.17, 15) is 9.59 Å². The first-order valence-corrected chi connectivity index (χ1v) is 11.4. The lowest BCUT2D eigenvalue weighted by atomic mass is 10.0. The zero-order valence-corrected chi connectivity index (χ0v) is 19.2.